The van der Waals surface area contributed by atoms with E-state index < -0.39 is 0 Å². The van der Waals surface area contributed by atoms with Gasteiger partial charge in [-0.3, -0.25) is 0 Å². The molecule has 0 saturated carbocycles. The maximum atomic E-state index is 6.41. The molecule has 4 rings (SSSR count). The minimum Gasteiger partial charge on any atom is -0.362 e. The van der Waals surface area contributed by atoms with Crippen LogP contribution in [0.3, 0.4) is 0 Å². The summed E-state index contributed by atoms with van der Waals surface area (Å²) in [6, 6.07) is 17.7. The molecule has 3 aromatic rings. The average Bonchev–Trinajstić information content (AvgIpc) is 2.88. The second-order valence-corrected chi connectivity index (χ2v) is 7.80. The molecule has 0 aliphatic carbocycles. The van der Waals surface area contributed by atoms with Crippen LogP contribution in [0.1, 0.15) is 49.3 Å². The average molecular weight is 333 g/mol. The first-order valence-electron chi connectivity index (χ1n) is 9.36. The molecule has 2 aromatic carbocycles. The molecule has 130 valence electrons. The summed E-state index contributed by atoms with van der Waals surface area (Å²) in [5.74, 6) is 0.682. The molecule has 0 saturated heterocycles. The largest absolute Gasteiger partial charge is 0.362 e. The number of hydrogen-bond donors (Lipinski definition) is 0. The summed E-state index contributed by atoms with van der Waals surface area (Å²) < 4.78 is 8.87. The molecular formula is C23H27NO. The number of benzene rings is 2. The third-order valence-corrected chi connectivity index (χ3v) is 5.26. The molecule has 2 heteroatoms. The zero-order chi connectivity index (χ0) is 17.6. The summed E-state index contributed by atoms with van der Waals surface area (Å²) in [6.07, 6.45) is 1.36. The van der Waals surface area contributed by atoms with Gasteiger partial charge in [-0.25, -0.2) is 0 Å². The summed E-state index contributed by atoms with van der Waals surface area (Å²) in [5, 5.41) is 1.34. The van der Waals surface area contributed by atoms with E-state index in [2.05, 4.69) is 80.8 Å². The maximum absolute atomic E-state index is 6.41. The fourth-order valence-electron chi connectivity index (χ4n) is 4.16. The quantitative estimate of drug-likeness (QED) is 0.603. The molecular weight excluding hydrogens is 306 g/mol. The van der Waals surface area contributed by atoms with Crippen molar-refractivity contribution >= 4 is 10.9 Å². The monoisotopic (exact) mass is 333 g/mol. The van der Waals surface area contributed by atoms with Gasteiger partial charge in [-0.1, -0.05) is 56.3 Å². The molecule has 0 unspecified atom stereocenters. The zero-order valence-electron chi connectivity index (χ0n) is 15.6. The molecule has 2 atom stereocenters. The van der Waals surface area contributed by atoms with Crippen LogP contribution in [-0.2, 0) is 17.7 Å². The van der Waals surface area contributed by atoms with Crippen molar-refractivity contribution in [3.8, 4) is 0 Å². The Morgan fingerprint density at radius 1 is 1.08 bits per heavy atom. The summed E-state index contributed by atoms with van der Waals surface area (Å²) in [4.78, 5) is 0. The molecule has 0 amide bonds. The molecule has 2 heterocycles. The predicted molar refractivity (Wildman–Crippen MR) is 104 cm³/mol. The number of nitrogens with zero attached hydrogens (tertiary/aromatic N) is 1. The third kappa shape index (κ3) is 2.89. The van der Waals surface area contributed by atoms with E-state index in [4.69, 9.17) is 4.74 Å². The van der Waals surface area contributed by atoms with Crippen LogP contribution >= 0.6 is 0 Å². The van der Waals surface area contributed by atoms with Gasteiger partial charge in [0.15, 0.2) is 0 Å². The summed E-state index contributed by atoms with van der Waals surface area (Å²) >= 11 is 0. The first-order valence-corrected chi connectivity index (χ1v) is 9.36. The van der Waals surface area contributed by atoms with Gasteiger partial charge in [-0.2, -0.15) is 0 Å². The van der Waals surface area contributed by atoms with Crippen molar-refractivity contribution < 1.29 is 4.74 Å². The lowest BCUT2D eigenvalue weighted by Gasteiger charge is -2.31. The maximum Gasteiger partial charge on any atom is 0.123 e. The van der Waals surface area contributed by atoms with Crippen molar-refractivity contribution in [2.45, 2.75) is 52.9 Å². The number of para-hydroxylation sites is 1. The van der Waals surface area contributed by atoms with Crippen molar-refractivity contribution in [2.24, 2.45) is 5.92 Å². The Labute approximate surface area is 150 Å². The normalized spacial score (nSPS) is 20.2. The van der Waals surface area contributed by atoms with Crippen molar-refractivity contribution in [3.63, 3.8) is 0 Å². The third-order valence-electron chi connectivity index (χ3n) is 5.26. The van der Waals surface area contributed by atoms with Crippen LogP contribution in [0.2, 0.25) is 0 Å². The van der Waals surface area contributed by atoms with Crippen LogP contribution in [0.25, 0.3) is 10.9 Å². The van der Waals surface area contributed by atoms with E-state index >= 15 is 0 Å². The summed E-state index contributed by atoms with van der Waals surface area (Å²) in [6.45, 7) is 9.86. The first kappa shape index (κ1) is 16.4. The smallest absolute Gasteiger partial charge is 0.123 e. The predicted octanol–water partition coefficient (Wildman–Crippen LogP) is 5.66. The van der Waals surface area contributed by atoms with E-state index in [1.54, 1.807) is 0 Å². The van der Waals surface area contributed by atoms with Gasteiger partial charge >= 0.3 is 0 Å². The lowest BCUT2D eigenvalue weighted by molar-refractivity contribution is -0.0146. The van der Waals surface area contributed by atoms with Gasteiger partial charge in [0.2, 0.25) is 0 Å². The lowest BCUT2D eigenvalue weighted by Crippen LogP contribution is -2.29. The second kappa shape index (κ2) is 6.34. The molecule has 0 spiro atoms. The molecule has 0 fully saturated rings. The molecule has 2 nitrogen and oxygen atoms in total. The number of fused-ring (bicyclic) bond motifs is 3. The number of aryl methyl sites for hydroxylation is 1. The van der Waals surface area contributed by atoms with E-state index in [1.165, 1.54) is 33.3 Å². The highest BCUT2D eigenvalue weighted by Crippen LogP contribution is 2.39. The number of hydrogen-bond acceptors (Lipinski definition) is 1. The topological polar surface area (TPSA) is 14.2 Å². The van der Waals surface area contributed by atoms with Crippen LogP contribution in [0, 0.1) is 12.8 Å². The first-order chi connectivity index (χ1) is 12.0. The molecule has 0 bridgehead atoms. The lowest BCUT2D eigenvalue weighted by atomic mass is 9.97. The van der Waals surface area contributed by atoms with Gasteiger partial charge in [0.05, 0.1) is 11.8 Å². The molecule has 0 radical (unpaired) electrons. The standard InChI is InChI=1S/C23H27NO/c1-15(2)13-18-9-11-19(12-10-18)23-22-17(4)20-7-5-6-8-21(20)24(22)14-16(3)25-23/h5-12,15-16,23H,13-14H2,1-4H3/t16-,23+/m0/s1. The minimum atomic E-state index is 0.0178. The Hall–Kier alpha value is -2.06. The Morgan fingerprint density at radius 2 is 1.80 bits per heavy atom. The van der Waals surface area contributed by atoms with Crippen LogP contribution in [0.4, 0.5) is 0 Å². The number of ether oxygens (including phenoxy) is 1. The van der Waals surface area contributed by atoms with E-state index in [9.17, 15) is 0 Å². The molecule has 1 aliphatic rings. The summed E-state index contributed by atoms with van der Waals surface area (Å²) in [7, 11) is 0. The Morgan fingerprint density at radius 3 is 2.52 bits per heavy atom. The Balaban J connectivity index is 1.79. The number of rotatable bonds is 3. The van der Waals surface area contributed by atoms with Crippen molar-refractivity contribution in [1.82, 2.24) is 4.57 Å². The van der Waals surface area contributed by atoms with Crippen LogP contribution in [0.5, 0.6) is 0 Å². The second-order valence-electron chi connectivity index (χ2n) is 7.80. The van der Waals surface area contributed by atoms with E-state index in [-0.39, 0.29) is 12.2 Å². The molecule has 1 aliphatic heterocycles. The van der Waals surface area contributed by atoms with Gasteiger partial charge in [0.25, 0.3) is 0 Å². The highest BCUT2D eigenvalue weighted by molar-refractivity contribution is 5.85. The Kier molecular flexibility index (Phi) is 4.16. The van der Waals surface area contributed by atoms with Crippen molar-refractivity contribution in [3.05, 3.63) is 70.9 Å². The van der Waals surface area contributed by atoms with Crippen LogP contribution in [-0.4, -0.2) is 10.7 Å². The van der Waals surface area contributed by atoms with Gasteiger partial charge in [-0.05, 0) is 48.9 Å². The van der Waals surface area contributed by atoms with Crippen molar-refractivity contribution in [2.75, 3.05) is 0 Å². The van der Waals surface area contributed by atoms with E-state index in [0.717, 1.165) is 13.0 Å². The van der Waals surface area contributed by atoms with Crippen LogP contribution in [0.15, 0.2) is 48.5 Å². The molecule has 0 N–H and O–H groups in total. The van der Waals surface area contributed by atoms with Gasteiger partial charge in [0, 0.05) is 17.4 Å². The zero-order valence-corrected chi connectivity index (χ0v) is 15.6. The van der Waals surface area contributed by atoms with Gasteiger partial charge in [0.1, 0.15) is 6.10 Å². The van der Waals surface area contributed by atoms with Gasteiger partial charge < -0.3 is 9.30 Å². The summed E-state index contributed by atoms with van der Waals surface area (Å²) in [5.41, 5.74) is 6.65. The SMILES string of the molecule is Cc1c2n(c3ccccc13)C[C@H](C)O[C@@H]2c1ccc(CC(C)C)cc1. The fraction of sp³-hybridized carbons (Fsp3) is 0.391. The van der Waals surface area contributed by atoms with E-state index in [0.29, 0.717) is 5.92 Å². The highest BCUT2D eigenvalue weighted by atomic mass is 16.5. The molecule has 1 aromatic heterocycles. The number of aromatic nitrogens is 1. The van der Waals surface area contributed by atoms with Crippen molar-refractivity contribution in [1.29, 1.82) is 0 Å². The molecule has 25 heavy (non-hydrogen) atoms. The highest BCUT2D eigenvalue weighted by Gasteiger charge is 2.30. The Bertz CT molecular complexity index is 888. The minimum absolute atomic E-state index is 0.0178. The van der Waals surface area contributed by atoms with Crippen LogP contribution < -0.4 is 0 Å². The fourth-order valence-corrected chi connectivity index (χ4v) is 4.16. The van der Waals surface area contributed by atoms with Gasteiger partial charge in [-0.15, -0.1) is 0 Å². The van der Waals surface area contributed by atoms with E-state index in [1.807, 2.05) is 0 Å².